The van der Waals surface area contributed by atoms with E-state index in [0.717, 1.165) is 12.1 Å². The standard InChI is InChI=1S/C22H22ClF4N3O/c1-14(2)30-13-19(7-8-31-30)29(18-6-4-15(11-28)21(23)10-18)12-16-3-5-17(24)9-20(16)22(25,26)27/h3-6,9-10,14,19H,7-8,12-13H2,1-2H3/t19-/m0/s1. The lowest BCUT2D eigenvalue weighted by Crippen LogP contribution is -2.50. The average molecular weight is 456 g/mol. The molecule has 1 aliphatic rings. The van der Waals surface area contributed by atoms with E-state index in [1.807, 2.05) is 24.8 Å². The second kappa shape index (κ2) is 9.43. The minimum absolute atomic E-state index is 0.0445. The summed E-state index contributed by atoms with van der Waals surface area (Å²) in [5, 5.41) is 11.2. The van der Waals surface area contributed by atoms with Crippen molar-refractivity contribution in [3.05, 3.63) is 63.9 Å². The molecule has 0 N–H and O–H groups in total. The van der Waals surface area contributed by atoms with Gasteiger partial charge in [-0.25, -0.2) is 4.39 Å². The van der Waals surface area contributed by atoms with E-state index in [0.29, 0.717) is 31.3 Å². The Labute approximate surface area is 183 Å². The molecule has 0 spiro atoms. The van der Waals surface area contributed by atoms with Gasteiger partial charge in [-0.05, 0) is 56.2 Å². The number of nitriles is 1. The summed E-state index contributed by atoms with van der Waals surface area (Å²) in [5.74, 6) is -0.943. The van der Waals surface area contributed by atoms with E-state index in [1.165, 1.54) is 0 Å². The average Bonchev–Trinajstić information content (AvgIpc) is 2.72. The molecule has 0 aliphatic carbocycles. The zero-order chi connectivity index (χ0) is 22.8. The molecule has 0 saturated carbocycles. The third-order valence-corrected chi connectivity index (χ3v) is 5.55. The molecule has 0 bridgehead atoms. The zero-order valence-corrected chi connectivity index (χ0v) is 17.8. The summed E-state index contributed by atoms with van der Waals surface area (Å²) in [6.07, 6.45) is -4.10. The summed E-state index contributed by atoms with van der Waals surface area (Å²) in [5.41, 5.74) is -0.196. The Balaban J connectivity index is 2.03. The Morgan fingerprint density at radius 1 is 1.26 bits per heavy atom. The van der Waals surface area contributed by atoms with Gasteiger partial charge < -0.3 is 4.90 Å². The van der Waals surface area contributed by atoms with E-state index in [2.05, 4.69) is 0 Å². The molecule has 1 atom stereocenters. The number of rotatable bonds is 5. The molecule has 0 radical (unpaired) electrons. The molecular formula is C22H22ClF4N3O. The second-order valence-corrected chi connectivity index (χ2v) is 8.08. The van der Waals surface area contributed by atoms with E-state index in [4.69, 9.17) is 21.7 Å². The van der Waals surface area contributed by atoms with Crippen molar-refractivity contribution in [2.45, 2.75) is 45.1 Å². The summed E-state index contributed by atoms with van der Waals surface area (Å²) >= 11 is 6.21. The normalized spacial score (nSPS) is 17.6. The summed E-state index contributed by atoms with van der Waals surface area (Å²) in [6.45, 7) is 4.71. The van der Waals surface area contributed by atoms with E-state index in [-0.39, 0.29) is 34.8 Å². The van der Waals surface area contributed by atoms with Crippen molar-refractivity contribution in [2.24, 2.45) is 0 Å². The molecule has 1 fully saturated rings. The van der Waals surface area contributed by atoms with Gasteiger partial charge in [0.1, 0.15) is 11.9 Å². The molecule has 1 heterocycles. The van der Waals surface area contributed by atoms with Crippen LogP contribution in [0.4, 0.5) is 23.2 Å². The molecule has 9 heteroatoms. The smallest absolute Gasteiger partial charge is 0.363 e. The summed E-state index contributed by atoms with van der Waals surface area (Å²) < 4.78 is 54.3. The fourth-order valence-corrected chi connectivity index (χ4v) is 3.83. The van der Waals surface area contributed by atoms with Gasteiger partial charge in [-0.3, -0.25) is 4.84 Å². The zero-order valence-electron chi connectivity index (χ0n) is 17.1. The summed E-state index contributed by atoms with van der Waals surface area (Å²) in [7, 11) is 0. The molecule has 0 amide bonds. The first kappa shape index (κ1) is 23.3. The van der Waals surface area contributed by atoms with Crippen molar-refractivity contribution < 1.29 is 22.4 Å². The highest BCUT2D eigenvalue weighted by Crippen LogP contribution is 2.35. The molecule has 166 valence electrons. The van der Waals surface area contributed by atoms with Gasteiger partial charge in [-0.2, -0.15) is 23.5 Å². The Bertz CT molecular complexity index is 974. The number of hydrogen-bond acceptors (Lipinski definition) is 4. The number of benzene rings is 2. The van der Waals surface area contributed by atoms with E-state index in [9.17, 15) is 17.6 Å². The topological polar surface area (TPSA) is 39.5 Å². The Hall–Kier alpha value is -2.34. The largest absolute Gasteiger partial charge is 0.416 e. The van der Waals surface area contributed by atoms with Crippen LogP contribution in [0, 0.1) is 17.1 Å². The Morgan fingerprint density at radius 3 is 2.61 bits per heavy atom. The Morgan fingerprint density at radius 2 is 2.00 bits per heavy atom. The number of hydrogen-bond donors (Lipinski definition) is 0. The monoisotopic (exact) mass is 455 g/mol. The molecule has 2 aromatic rings. The predicted octanol–water partition coefficient (Wildman–Crippen LogP) is 5.79. The Kier molecular flexibility index (Phi) is 7.10. The van der Waals surface area contributed by atoms with Crippen LogP contribution >= 0.6 is 11.6 Å². The minimum atomic E-state index is -4.69. The van der Waals surface area contributed by atoms with Crippen molar-refractivity contribution in [1.82, 2.24) is 5.06 Å². The van der Waals surface area contributed by atoms with Crippen LogP contribution in [0.2, 0.25) is 5.02 Å². The second-order valence-electron chi connectivity index (χ2n) is 7.67. The fourth-order valence-electron chi connectivity index (χ4n) is 3.61. The van der Waals surface area contributed by atoms with Gasteiger partial charge in [0.15, 0.2) is 0 Å². The first-order chi connectivity index (χ1) is 14.6. The van der Waals surface area contributed by atoms with Crippen LogP contribution in [0.1, 0.15) is 37.0 Å². The SMILES string of the molecule is CC(C)N1C[C@@H](N(Cc2ccc(F)cc2C(F)(F)F)c2ccc(C#N)c(Cl)c2)CCO1. The van der Waals surface area contributed by atoms with E-state index in [1.54, 1.807) is 23.3 Å². The van der Waals surface area contributed by atoms with E-state index < -0.39 is 17.6 Å². The third kappa shape index (κ3) is 5.48. The third-order valence-electron chi connectivity index (χ3n) is 5.24. The number of alkyl halides is 3. The van der Waals surface area contributed by atoms with Gasteiger partial charge in [0, 0.05) is 30.9 Å². The van der Waals surface area contributed by atoms with Crippen LogP contribution in [0.3, 0.4) is 0 Å². The fraction of sp³-hybridized carbons (Fsp3) is 0.409. The molecule has 0 aromatic heterocycles. The molecule has 4 nitrogen and oxygen atoms in total. The van der Waals surface area contributed by atoms with Crippen molar-refractivity contribution in [3.63, 3.8) is 0 Å². The van der Waals surface area contributed by atoms with Crippen LogP contribution < -0.4 is 4.90 Å². The van der Waals surface area contributed by atoms with Crippen molar-refractivity contribution in [1.29, 1.82) is 5.26 Å². The lowest BCUT2D eigenvalue weighted by atomic mass is 10.0. The van der Waals surface area contributed by atoms with Gasteiger partial charge in [0.25, 0.3) is 0 Å². The summed E-state index contributed by atoms with van der Waals surface area (Å²) in [4.78, 5) is 7.48. The van der Waals surface area contributed by atoms with Crippen molar-refractivity contribution in [3.8, 4) is 6.07 Å². The maximum absolute atomic E-state index is 13.6. The highest BCUT2D eigenvalue weighted by Gasteiger charge is 2.35. The van der Waals surface area contributed by atoms with Gasteiger partial charge in [-0.1, -0.05) is 17.7 Å². The molecule has 31 heavy (non-hydrogen) atoms. The maximum Gasteiger partial charge on any atom is 0.416 e. The molecule has 1 saturated heterocycles. The van der Waals surface area contributed by atoms with Gasteiger partial charge in [-0.15, -0.1) is 0 Å². The maximum atomic E-state index is 13.6. The first-order valence-electron chi connectivity index (χ1n) is 9.81. The molecule has 2 aromatic carbocycles. The lowest BCUT2D eigenvalue weighted by molar-refractivity contribution is -0.203. The van der Waals surface area contributed by atoms with Crippen molar-refractivity contribution in [2.75, 3.05) is 18.1 Å². The molecular weight excluding hydrogens is 434 g/mol. The quantitative estimate of drug-likeness (QED) is 0.535. The van der Waals surface area contributed by atoms with Crippen molar-refractivity contribution >= 4 is 17.3 Å². The number of hydroxylamine groups is 2. The first-order valence-corrected chi connectivity index (χ1v) is 10.2. The van der Waals surface area contributed by atoms with Crippen LogP contribution in [-0.2, 0) is 17.6 Å². The predicted molar refractivity (Wildman–Crippen MR) is 110 cm³/mol. The van der Waals surface area contributed by atoms with Gasteiger partial charge >= 0.3 is 6.18 Å². The van der Waals surface area contributed by atoms with Crippen LogP contribution in [0.5, 0.6) is 0 Å². The number of nitrogens with zero attached hydrogens (tertiary/aromatic N) is 3. The van der Waals surface area contributed by atoms with Crippen LogP contribution in [0.15, 0.2) is 36.4 Å². The van der Waals surface area contributed by atoms with E-state index >= 15 is 0 Å². The number of anilines is 1. The molecule has 0 unspecified atom stereocenters. The highest BCUT2D eigenvalue weighted by molar-refractivity contribution is 6.32. The number of halogens is 5. The van der Waals surface area contributed by atoms with Crippen LogP contribution in [0.25, 0.3) is 0 Å². The lowest BCUT2D eigenvalue weighted by Gasteiger charge is -2.41. The minimum Gasteiger partial charge on any atom is -0.363 e. The molecule has 1 aliphatic heterocycles. The van der Waals surface area contributed by atoms with Gasteiger partial charge in [0.2, 0.25) is 0 Å². The summed E-state index contributed by atoms with van der Waals surface area (Å²) in [6, 6.07) is 9.38. The van der Waals surface area contributed by atoms with Crippen LogP contribution in [-0.4, -0.2) is 30.3 Å². The van der Waals surface area contributed by atoms with Gasteiger partial charge in [0.05, 0.1) is 22.8 Å². The highest BCUT2D eigenvalue weighted by atomic mass is 35.5. The molecule has 3 rings (SSSR count).